The summed E-state index contributed by atoms with van der Waals surface area (Å²) in [5, 5.41) is 12.8. The van der Waals surface area contributed by atoms with Gasteiger partial charge in [0, 0.05) is 11.1 Å². The summed E-state index contributed by atoms with van der Waals surface area (Å²) < 4.78 is 0. The van der Waals surface area contributed by atoms with E-state index in [0.717, 1.165) is 0 Å². The van der Waals surface area contributed by atoms with E-state index in [2.05, 4.69) is 24.1 Å². The predicted octanol–water partition coefficient (Wildman–Crippen LogP) is 3.18. The first-order chi connectivity index (χ1) is 7.90. The van der Waals surface area contributed by atoms with Crippen molar-refractivity contribution in [1.82, 2.24) is 4.98 Å². The Labute approximate surface area is 106 Å². The fourth-order valence-corrected chi connectivity index (χ4v) is 2.33. The van der Waals surface area contributed by atoms with Gasteiger partial charge in [0.05, 0.1) is 0 Å². The Balaban J connectivity index is 2.68. The van der Waals surface area contributed by atoms with Crippen LogP contribution >= 0.6 is 11.3 Å². The number of nitrogens with zero attached hydrogens (tertiary/aromatic N) is 1. The van der Waals surface area contributed by atoms with Gasteiger partial charge < -0.3 is 10.4 Å². The topological polar surface area (TPSA) is 62.2 Å². The van der Waals surface area contributed by atoms with Gasteiger partial charge in [-0.3, -0.25) is 0 Å². The smallest absolute Gasteiger partial charge is 0.326 e. The monoisotopic (exact) mass is 256 g/mol. The van der Waals surface area contributed by atoms with Gasteiger partial charge in [0.1, 0.15) is 6.04 Å². The standard InChI is InChI=1S/C12H20N2O2S/c1-7(2)5-9(11(15)16)14-12-13-6-10(17-12)8(3)4/h6-9H,5H2,1-4H3,(H,13,14)(H,15,16)/t9-/m0/s1. The fraction of sp³-hybridized carbons (Fsp3) is 0.667. The Kier molecular flexibility index (Phi) is 4.93. The average molecular weight is 256 g/mol. The Hall–Kier alpha value is -1.10. The number of carboxylic acids is 1. The van der Waals surface area contributed by atoms with E-state index in [1.54, 1.807) is 0 Å². The highest BCUT2D eigenvalue weighted by Crippen LogP contribution is 2.26. The van der Waals surface area contributed by atoms with Gasteiger partial charge in [-0.25, -0.2) is 9.78 Å². The molecule has 0 saturated heterocycles. The second-order valence-electron chi connectivity index (χ2n) is 4.89. The minimum absolute atomic E-state index is 0.341. The van der Waals surface area contributed by atoms with Crippen LogP contribution in [-0.4, -0.2) is 22.1 Å². The molecule has 1 aromatic rings. The van der Waals surface area contributed by atoms with Gasteiger partial charge in [0.25, 0.3) is 0 Å². The number of rotatable bonds is 6. The zero-order valence-corrected chi connectivity index (χ0v) is 11.5. The molecule has 2 N–H and O–H groups in total. The van der Waals surface area contributed by atoms with Crippen LogP contribution in [0.5, 0.6) is 0 Å². The van der Waals surface area contributed by atoms with Crippen LogP contribution in [0.2, 0.25) is 0 Å². The molecule has 0 amide bonds. The minimum Gasteiger partial charge on any atom is -0.480 e. The van der Waals surface area contributed by atoms with Crippen LogP contribution in [0.25, 0.3) is 0 Å². The molecular formula is C12H20N2O2S. The number of aromatic nitrogens is 1. The zero-order chi connectivity index (χ0) is 13.0. The van der Waals surface area contributed by atoms with Crippen LogP contribution in [0.4, 0.5) is 5.13 Å². The van der Waals surface area contributed by atoms with Gasteiger partial charge in [0.15, 0.2) is 5.13 Å². The first-order valence-electron chi connectivity index (χ1n) is 5.85. The van der Waals surface area contributed by atoms with Gasteiger partial charge in [0.2, 0.25) is 0 Å². The maximum Gasteiger partial charge on any atom is 0.326 e. The lowest BCUT2D eigenvalue weighted by atomic mass is 10.0. The summed E-state index contributed by atoms with van der Waals surface area (Å²) in [5.41, 5.74) is 0. The molecule has 0 saturated carbocycles. The highest BCUT2D eigenvalue weighted by molar-refractivity contribution is 7.15. The summed E-state index contributed by atoms with van der Waals surface area (Å²) in [4.78, 5) is 16.5. The van der Waals surface area contributed by atoms with E-state index in [-0.39, 0.29) is 0 Å². The maximum atomic E-state index is 11.1. The first-order valence-corrected chi connectivity index (χ1v) is 6.66. The Morgan fingerprint density at radius 2 is 2.12 bits per heavy atom. The molecule has 5 heteroatoms. The average Bonchev–Trinajstić information content (AvgIpc) is 2.64. The van der Waals surface area contributed by atoms with Gasteiger partial charge in [-0.2, -0.15) is 0 Å². The molecular weight excluding hydrogens is 236 g/mol. The number of carboxylic acid groups (broad SMARTS) is 1. The SMILES string of the molecule is CC(C)C[C@H](Nc1ncc(C(C)C)s1)C(=O)O. The molecule has 0 unspecified atom stereocenters. The van der Waals surface area contributed by atoms with E-state index >= 15 is 0 Å². The summed E-state index contributed by atoms with van der Waals surface area (Å²) in [6.45, 7) is 8.22. The molecule has 96 valence electrons. The third-order valence-electron chi connectivity index (χ3n) is 2.40. The summed E-state index contributed by atoms with van der Waals surface area (Å²) >= 11 is 1.53. The second-order valence-corrected chi connectivity index (χ2v) is 5.95. The van der Waals surface area contributed by atoms with Crippen molar-refractivity contribution in [3.63, 3.8) is 0 Å². The summed E-state index contributed by atoms with van der Waals surface area (Å²) in [6, 6.07) is -0.554. The Bertz CT molecular complexity index is 374. The van der Waals surface area contributed by atoms with Gasteiger partial charge in [-0.05, 0) is 18.3 Å². The van der Waals surface area contributed by atoms with Crippen LogP contribution in [0.15, 0.2) is 6.20 Å². The number of anilines is 1. The number of nitrogens with one attached hydrogen (secondary N) is 1. The predicted molar refractivity (Wildman–Crippen MR) is 70.7 cm³/mol. The van der Waals surface area contributed by atoms with E-state index < -0.39 is 12.0 Å². The van der Waals surface area contributed by atoms with E-state index in [9.17, 15) is 4.79 Å². The first kappa shape index (κ1) is 14.0. The van der Waals surface area contributed by atoms with Gasteiger partial charge >= 0.3 is 5.97 Å². The molecule has 0 bridgehead atoms. The molecule has 0 aromatic carbocycles. The van der Waals surface area contributed by atoms with Crippen LogP contribution in [-0.2, 0) is 4.79 Å². The van der Waals surface area contributed by atoms with Crippen molar-refractivity contribution < 1.29 is 9.90 Å². The summed E-state index contributed by atoms with van der Waals surface area (Å²) in [5.74, 6) is -0.0513. The van der Waals surface area contributed by atoms with E-state index in [1.165, 1.54) is 16.2 Å². The molecule has 0 spiro atoms. The lowest BCUT2D eigenvalue weighted by Crippen LogP contribution is -2.30. The second kappa shape index (κ2) is 6.00. The van der Waals surface area contributed by atoms with Crippen molar-refractivity contribution >= 4 is 22.4 Å². The zero-order valence-electron chi connectivity index (χ0n) is 10.7. The molecule has 0 aliphatic carbocycles. The normalized spacial score (nSPS) is 13.1. The van der Waals surface area contributed by atoms with Crippen LogP contribution < -0.4 is 5.32 Å². The van der Waals surface area contributed by atoms with E-state index in [0.29, 0.717) is 23.4 Å². The molecule has 1 aromatic heterocycles. The lowest BCUT2D eigenvalue weighted by molar-refractivity contribution is -0.138. The lowest BCUT2D eigenvalue weighted by Gasteiger charge is -2.15. The molecule has 17 heavy (non-hydrogen) atoms. The molecule has 0 radical (unpaired) electrons. The number of hydrogen-bond donors (Lipinski definition) is 2. The van der Waals surface area contributed by atoms with Gasteiger partial charge in [-0.15, -0.1) is 11.3 Å². The van der Waals surface area contributed by atoms with Gasteiger partial charge in [-0.1, -0.05) is 27.7 Å². The van der Waals surface area contributed by atoms with Crippen molar-refractivity contribution in [2.45, 2.75) is 46.1 Å². The van der Waals surface area contributed by atoms with Crippen LogP contribution in [0, 0.1) is 5.92 Å². The largest absolute Gasteiger partial charge is 0.480 e. The van der Waals surface area contributed by atoms with Crippen molar-refractivity contribution in [2.24, 2.45) is 5.92 Å². The summed E-state index contributed by atoms with van der Waals surface area (Å²) in [6.07, 6.45) is 2.41. The number of thiazole rings is 1. The highest BCUT2D eigenvalue weighted by Gasteiger charge is 2.20. The van der Waals surface area contributed by atoms with E-state index in [4.69, 9.17) is 5.11 Å². The third-order valence-corrected chi connectivity index (χ3v) is 3.62. The highest BCUT2D eigenvalue weighted by atomic mass is 32.1. The number of carbonyl (C=O) groups is 1. The number of hydrogen-bond acceptors (Lipinski definition) is 4. The quantitative estimate of drug-likeness (QED) is 0.820. The molecule has 1 heterocycles. The molecule has 0 aliphatic heterocycles. The van der Waals surface area contributed by atoms with E-state index in [1.807, 2.05) is 20.0 Å². The molecule has 4 nitrogen and oxygen atoms in total. The summed E-state index contributed by atoms with van der Waals surface area (Å²) in [7, 11) is 0. The molecule has 1 atom stereocenters. The third kappa shape index (κ3) is 4.34. The minimum atomic E-state index is -0.819. The van der Waals surface area contributed by atoms with Crippen molar-refractivity contribution in [3.05, 3.63) is 11.1 Å². The Morgan fingerprint density at radius 3 is 2.53 bits per heavy atom. The van der Waals surface area contributed by atoms with Crippen molar-refractivity contribution in [3.8, 4) is 0 Å². The van der Waals surface area contributed by atoms with Crippen LogP contribution in [0.3, 0.4) is 0 Å². The number of aliphatic carboxylic acids is 1. The maximum absolute atomic E-state index is 11.1. The fourth-order valence-electron chi connectivity index (χ4n) is 1.46. The molecule has 0 aliphatic rings. The molecule has 1 rings (SSSR count). The molecule has 0 fully saturated rings. The van der Waals surface area contributed by atoms with Crippen molar-refractivity contribution in [2.75, 3.05) is 5.32 Å². The van der Waals surface area contributed by atoms with Crippen molar-refractivity contribution in [1.29, 1.82) is 0 Å². The Morgan fingerprint density at radius 1 is 1.47 bits per heavy atom. The van der Waals surface area contributed by atoms with Crippen LogP contribution in [0.1, 0.15) is 44.9 Å².